The van der Waals surface area contributed by atoms with E-state index in [0.29, 0.717) is 15.9 Å². The van der Waals surface area contributed by atoms with E-state index in [2.05, 4.69) is 24.8 Å². The molecule has 3 aromatic rings. The van der Waals surface area contributed by atoms with Crippen molar-refractivity contribution in [3.63, 3.8) is 0 Å². The third kappa shape index (κ3) is 3.37. The zero-order valence-electron chi connectivity index (χ0n) is 14.6. The first-order chi connectivity index (χ1) is 12.5. The molecule has 0 unspecified atom stereocenters. The van der Waals surface area contributed by atoms with E-state index in [0.717, 1.165) is 35.4 Å². The van der Waals surface area contributed by atoms with Crippen molar-refractivity contribution < 1.29 is 4.74 Å². The molecule has 134 valence electrons. The number of nitrogens with zero attached hydrogens (tertiary/aromatic N) is 3. The summed E-state index contributed by atoms with van der Waals surface area (Å²) in [5.74, 6) is 1.52. The van der Waals surface area contributed by atoms with Crippen LogP contribution in [0.5, 0.6) is 0 Å². The molecule has 2 aromatic carbocycles. The van der Waals surface area contributed by atoms with Crippen LogP contribution in [0.4, 0.5) is 5.82 Å². The number of aromatic nitrogens is 2. The highest BCUT2D eigenvalue weighted by Crippen LogP contribution is 2.33. The number of hydrogen-bond acceptors (Lipinski definition) is 4. The first kappa shape index (κ1) is 17.5. The summed E-state index contributed by atoms with van der Waals surface area (Å²) in [6.45, 7) is 5.75. The molecule has 0 radical (unpaired) electrons. The van der Waals surface area contributed by atoms with Crippen molar-refractivity contribution in [3.8, 4) is 11.4 Å². The Kier molecular flexibility index (Phi) is 4.74. The Morgan fingerprint density at radius 1 is 1.00 bits per heavy atom. The number of ether oxygens (including phenoxy) is 1. The van der Waals surface area contributed by atoms with Crippen LogP contribution in [0.2, 0.25) is 10.0 Å². The minimum atomic E-state index is 0.148. The van der Waals surface area contributed by atoms with Crippen LogP contribution in [0.3, 0.4) is 0 Å². The van der Waals surface area contributed by atoms with Crippen LogP contribution in [0, 0.1) is 0 Å². The third-order valence-corrected chi connectivity index (χ3v) is 5.02. The Bertz CT molecular complexity index is 953. The monoisotopic (exact) mass is 387 g/mol. The summed E-state index contributed by atoms with van der Waals surface area (Å²) in [6.07, 6.45) is 0.296. The van der Waals surface area contributed by atoms with Crippen molar-refractivity contribution in [2.75, 3.05) is 18.0 Å². The topological polar surface area (TPSA) is 38.2 Å². The van der Waals surface area contributed by atoms with E-state index in [4.69, 9.17) is 37.9 Å². The molecule has 1 saturated heterocycles. The summed E-state index contributed by atoms with van der Waals surface area (Å²) in [6, 6.07) is 13.4. The molecule has 1 aliphatic rings. The smallest absolute Gasteiger partial charge is 0.163 e. The lowest BCUT2D eigenvalue weighted by atomic mass is 10.1. The second kappa shape index (κ2) is 7.03. The van der Waals surface area contributed by atoms with Gasteiger partial charge in [0.05, 0.1) is 22.7 Å². The van der Waals surface area contributed by atoms with E-state index >= 15 is 0 Å². The molecule has 1 aromatic heterocycles. The van der Waals surface area contributed by atoms with Gasteiger partial charge in [-0.05, 0) is 44.2 Å². The van der Waals surface area contributed by atoms with Gasteiger partial charge >= 0.3 is 0 Å². The van der Waals surface area contributed by atoms with E-state index in [1.807, 2.05) is 24.3 Å². The molecule has 0 N–H and O–H groups in total. The van der Waals surface area contributed by atoms with Gasteiger partial charge in [-0.2, -0.15) is 0 Å². The highest BCUT2D eigenvalue weighted by Gasteiger charge is 2.25. The number of anilines is 1. The Labute approximate surface area is 162 Å². The number of halogens is 2. The number of para-hydroxylation sites is 1. The Morgan fingerprint density at radius 3 is 2.46 bits per heavy atom. The average molecular weight is 388 g/mol. The van der Waals surface area contributed by atoms with Gasteiger partial charge in [0.25, 0.3) is 0 Å². The summed E-state index contributed by atoms with van der Waals surface area (Å²) >= 11 is 12.4. The van der Waals surface area contributed by atoms with Gasteiger partial charge in [-0.3, -0.25) is 0 Å². The van der Waals surface area contributed by atoms with Crippen LogP contribution < -0.4 is 4.90 Å². The van der Waals surface area contributed by atoms with E-state index in [9.17, 15) is 0 Å². The molecule has 4 rings (SSSR count). The Balaban J connectivity index is 1.88. The van der Waals surface area contributed by atoms with E-state index in [1.165, 1.54) is 0 Å². The molecule has 4 nitrogen and oxygen atoms in total. The zero-order valence-corrected chi connectivity index (χ0v) is 16.1. The van der Waals surface area contributed by atoms with Gasteiger partial charge in [0.15, 0.2) is 5.82 Å². The van der Waals surface area contributed by atoms with Crippen molar-refractivity contribution in [3.05, 3.63) is 52.5 Å². The highest BCUT2D eigenvalue weighted by molar-refractivity contribution is 6.36. The molecule has 0 bridgehead atoms. The normalized spacial score (nSPS) is 20.5. The second-order valence-electron chi connectivity index (χ2n) is 6.67. The van der Waals surface area contributed by atoms with Crippen LogP contribution in [0.25, 0.3) is 22.3 Å². The average Bonchev–Trinajstić information content (AvgIpc) is 2.60. The summed E-state index contributed by atoms with van der Waals surface area (Å²) in [5.41, 5.74) is 1.67. The van der Waals surface area contributed by atoms with Crippen LogP contribution in [0.1, 0.15) is 13.8 Å². The van der Waals surface area contributed by atoms with Gasteiger partial charge in [-0.25, -0.2) is 9.97 Å². The fourth-order valence-corrected chi connectivity index (χ4v) is 3.94. The van der Waals surface area contributed by atoms with Gasteiger partial charge in [-0.15, -0.1) is 0 Å². The summed E-state index contributed by atoms with van der Waals surface area (Å²) in [4.78, 5) is 11.9. The third-order valence-electron chi connectivity index (χ3n) is 4.47. The predicted molar refractivity (Wildman–Crippen MR) is 107 cm³/mol. The molecule has 2 atom stereocenters. The SMILES string of the molecule is C[C@@H]1CN(c2nc(-c3ccc(Cl)cc3Cl)nc3ccccc23)C[C@@H](C)O1. The summed E-state index contributed by atoms with van der Waals surface area (Å²) < 4.78 is 5.88. The van der Waals surface area contributed by atoms with Crippen molar-refractivity contribution in [2.45, 2.75) is 26.1 Å². The largest absolute Gasteiger partial charge is 0.372 e. The van der Waals surface area contributed by atoms with Gasteiger partial charge < -0.3 is 9.64 Å². The van der Waals surface area contributed by atoms with Crippen molar-refractivity contribution in [1.29, 1.82) is 0 Å². The molecular weight excluding hydrogens is 369 g/mol. The van der Waals surface area contributed by atoms with Gasteiger partial charge in [-0.1, -0.05) is 35.3 Å². The summed E-state index contributed by atoms with van der Waals surface area (Å²) in [5, 5.41) is 2.17. The number of hydrogen-bond donors (Lipinski definition) is 0. The molecule has 0 spiro atoms. The number of rotatable bonds is 2. The summed E-state index contributed by atoms with van der Waals surface area (Å²) in [7, 11) is 0. The van der Waals surface area contributed by atoms with E-state index in [1.54, 1.807) is 12.1 Å². The van der Waals surface area contributed by atoms with Crippen LogP contribution in [-0.2, 0) is 4.74 Å². The molecule has 1 aliphatic heterocycles. The lowest BCUT2D eigenvalue weighted by molar-refractivity contribution is -0.00536. The Hall–Kier alpha value is -1.88. The van der Waals surface area contributed by atoms with Gasteiger partial charge in [0, 0.05) is 29.1 Å². The lowest BCUT2D eigenvalue weighted by Gasteiger charge is -2.36. The number of fused-ring (bicyclic) bond motifs is 1. The highest BCUT2D eigenvalue weighted by atomic mass is 35.5. The molecule has 2 heterocycles. The molecule has 0 aliphatic carbocycles. The maximum absolute atomic E-state index is 6.40. The maximum atomic E-state index is 6.40. The number of morpholine rings is 1. The second-order valence-corrected chi connectivity index (χ2v) is 7.52. The van der Waals surface area contributed by atoms with Crippen molar-refractivity contribution >= 4 is 39.9 Å². The lowest BCUT2D eigenvalue weighted by Crippen LogP contribution is -2.46. The maximum Gasteiger partial charge on any atom is 0.163 e. The van der Waals surface area contributed by atoms with Gasteiger partial charge in [0.2, 0.25) is 0 Å². The molecular formula is C20H19Cl2N3O. The van der Waals surface area contributed by atoms with E-state index in [-0.39, 0.29) is 12.2 Å². The Morgan fingerprint density at radius 2 is 1.73 bits per heavy atom. The quantitative estimate of drug-likeness (QED) is 0.604. The molecule has 6 heteroatoms. The van der Waals surface area contributed by atoms with Gasteiger partial charge in [0.1, 0.15) is 5.82 Å². The van der Waals surface area contributed by atoms with Crippen LogP contribution in [-0.4, -0.2) is 35.3 Å². The standard InChI is InChI=1S/C20H19Cl2N3O/c1-12-10-25(11-13(2)26-12)20-16-5-3-4-6-18(16)23-19(24-20)15-8-7-14(21)9-17(15)22/h3-9,12-13H,10-11H2,1-2H3/t12-,13-/m1/s1. The molecule has 26 heavy (non-hydrogen) atoms. The first-order valence-corrected chi connectivity index (χ1v) is 9.39. The first-order valence-electron chi connectivity index (χ1n) is 8.64. The fourth-order valence-electron chi connectivity index (χ4n) is 3.44. The fraction of sp³-hybridized carbons (Fsp3) is 0.300. The molecule has 0 saturated carbocycles. The predicted octanol–water partition coefficient (Wildman–Crippen LogP) is 5.22. The minimum absolute atomic E-state index is 0.148. The van der Waals surface area contributed by atoms with Crippen molar-refractivity contribution in [1.82, 2.24) is 9.97 Å². The van der Waals surface area contributed by atoms with E-state index < -0.39 is 0 Å². The van der Waals surface area contributed by atoms with Crippen LogP contribution in [0.15, 0.2) is 42.5 Å². The molecule has 1 fully saturated rings. The zero-order chi connectivity index (χ0) is 18.3. The number of benzene rings is 2. The van der Waals surface area contributed by atoms with Crippen LogP contribution >= 0.6 is 23.2 Å². The van der Waals surface area contributed by atoms with Crippen molar-refractivity contribution in [2.24, 2.45) is 0 Å². The minimum Gasteiger partial charge on any atom is -0.372 e. The molecule has 0 amide bonds.